The largest absolute Gasteiger partial charge is 0.493 e. The molecule has 2 N–H and O–H groups in total. The molecule has 0 radical (unpaired) electrons. The molecular weight excluding hydrogens is 449 g/mol. The quantitative estimate of drug-likeness (QED) is 0.587. The first kappa shape index (κ1) is 22.8. The van der Waals surface area contributed by atoms with E-state index in [-0.39, 0.29) is 17.5 Å². The first-order chi connectivity index (χ1) is 15.9. The van der Waals surface area contributed by atoms with Gasteiger partial charge in [-0.15, -0.1) is 0 Å². The zero-order chi connectivity index (χ0) is 23.5. The maximum absolute atomic E-state index is 13.0. The van der Waals surface area contributed by atoms with Gasteiger partial charge in [-0.2, -0.15) is 4.98 Å². The molecule has 0 atom stereocenters. The van der Waals surface area contributed by atoms with Crippen molar-refractivity contribution in [3.05, 3.63) is 46.7 Å². The fourth-order valence-electron chi connectivity index (χ4n) is 3.90. The van der Waals surface area contributed by atoms with Gasteiger partial charge < -0.3 is 25.0 Å². The summed E-state index contributed by atoms with van der Waals surface area (Å²) in [5.41, 5.74) is 7.63. The number of nitrogen functional groups attached to an aromatic ring is 1. The number of nitrogens with two attached hydrogens (primary N) is 1. The van der Waals surface area contributed by atoms with Crippen LogP contribution in [0.5, 0.6) is 11.5 Å². The molecule has 3 aromatic rings. The van der Waals surface area contributed by atoms with Crippen molar-refractivity contribution >= 4 is 40.2 Å². The third-order valence-corrected chi connectivity index (χ3v) is 6.10. The van der Waals surface area contributed by atoms with Crippen LogP contribution in [0.2, 0.25) is 5.02 Å². The molecule has 4 rings (SSSR count). The maximum atomic E-state index is 13.0. The Morgan fingerprint density at radius 1 is 1.12 bits per heavy atom. The number of fused-ring (bicyclic) bond motifs is 1. The minimum absolute atomic E-state index is 0.0674. The van der Waals surface area contributed by atoms with Gasteiger partial charge in [0.25, 0.3) is 0 Å². The van der Waals surface area contributed by atoms with Gasteiger partial charge in [-0.3, -0.25) is 4.79 Å². The average molecular weight is 474 g/mol. The van der Waals surface area contributed by atoms with Crippen LogP contribution in [0, 0.1) is 5.82 Å². The number of carbonyl (C=O) groups is 1. The van der Waals surface area contributed by atoms with Crippen LogP contribution in [0.1, 0.15) is 12.0 Å². The number of hydrogen-bond donors (Lipinski definition) is 1. The normalized spacial score (nSPS) is 13.9. The van der Waals surface area contributed by atoms with Crippen molar-refractivity contribution < 1.29 is 18.7 Å². The van der Waals surface area contributed by atoms with Gasteiger partial charge in [-0.25, -0.2) is 9.37 Å². The van der Waals surface area contributed by atoms with Crippen molar-refractivity contribution in [2.24, 2.45) is 0 Å². The van der Waals surface area contributed by atoms with Crippen molar-refractivity contribution in [1.82, 2.24) is 14.9 Å². The molecule has 10 heteroatoms. The van der Waals surface area contributed by atoms with E-state index in [2.05, 4.69) is 9.97 Å². The van der Waals surface area contributed by atoms with E-state index in [1.807, 2.05) is 9.80 Å². The lowest BCUT2D eigenvalue weighted by Crippen LogP contribution is -2.49. The van der Waals surface area contributed by atoms with Gasteiger partial charge in [-0.1, -0.05) is 23.7 Å². The Morgan fingerprint density at radius 3 is 2.45 bits per heavy atom. The van der Waals surface area contributed by atoms with Gasteiger partial charge in [0.15, 0.2) is 11.5 Å². The van der Waals surface area contributed by atoms with Crippen molar-refractivity contribution in [3.63, 3.8) is 0 Å². The number of aromatic nitrogens is 2. The Bertz CT molecular complexity index is 1170. The summed E-state index contributed by atoms with van der Waals surface area (Å²) in [5, 5.41) is 0.882. The van der Waals surface area contributed by atoms with Crippen LogP contribution in [0.15, 0.2) is 30.3 Å². The molecule has 2 aromatic carbocycles. The minimum atomic E-state index is -0.281. The number of methoxy groups -OCH3 is 2. The predicted octanol–water partition coefficient (Wildman–Crippen LogP) is 3.30. The van der Waals surface area contributed by atoms with E-state index in [0.717, 1.165) is 5.56 Å². The second kappa shape index (κ2) is 9.66. The first-order valence-electron chi connectivity index (χ1n) is 10.6. The monoisotopic (exact) mass is 473 g/mol. The van der Waals surface area contributed by atoms with Crippen LogP contribution in [-0.2, 0) is 11.2 Å². The summed E-state index contributed by atoms with van der Waals surface area (Å²) in [6.45, 7) is 2.22. The molecule has 1 aliphatic rings. The number of carbonyl (C=O) groups excluding carboxylic acids is 1. The van der Waals surface area contributed by atoms with Crippen molar-refractivity contribution in [2.75, 3.05) is 51.0 Å². The summed E-state index contributed by atoms with van der Waals surface area (Å²) in [5.74, 6) is 1.36. The lowest BCUT2D eigenvalue weighted by molar-refractivity contribution is -0.131. The van der Waals surface area contributed by atoms with Crippen molar-refractivity contribution in [2.45, 2.75) is 12.8 Å². The van der Waals surface area contributed by atoms with Crippen LogP contribution in [-0.4, -0.2) is 61.2 Å². The van der Waals surface area contributed by atoms with Gasteiger partial charge in [0.05, 0.1) is 14.2 Å². The molecule has 1 amide bonds. The Morgan fingerprint density at radius 2 is 1.82 bits per heavy atom. The molecule has 174 valence electrons. The van der Waals surface area contributed by atoms with Gasteiger partial charge >= 0.3 is 0 Å². The second-order valence-electron chi connectivity index (χ2n) is 7.73. The number of ether oxygens (including phenoxy) is 2. The molecule has 0 bridgehead atoms. The highest BCUT2D eigenvalue weighted by molar-refractivity contribution is 6.37. The number of anilines is 2. The zero-order valence-corrected chi connectivity index (χ0v) is 19.2. The lowest BCUT2D eigenvalue weighted by atomic mass is 10.1. The topological polar surface area (TPSA) is 93.8 Å². The third-order valence-electron chi connectivity index (χ3n) is 5.75. The number of nitrogens with zero attached hydrogens (tertiary/aromatic N) is 4. The van der Waals surface area contributed by atoms with Crippen LogP contribution >= 0.6 is 11.6 Å². The van der Waals surface area contributed by atoms with Gasteiger partial charge in [-0.05, 0) is 30.2 Å². The molecule has 8 nitrogen and oxygen atoms in total. The fraction of sp³-hybridized carbons (Fsp3) is 0.348. The van der Waals surface area contributed by atoms with Crippen LogP contribution in [0.25, 0.3) is 10.9 Å². The van der Waals surface area contributed by atoms with Gasteiger partial charge in [0.1, 0.15) is 22.2 Å². The van der Waals surface area contributed by atoms with Crippen LogP contribution in [0.3, 0.4) is 0 Å². The molecule has 0 spiro atoms. The number of hydrogen-bond acceptors (Lipinski definition) is 7. The molecule has 33 heavy (non-hydrogen) atoms. The van der Waals surface area contributed by atoms with E-state index in [1.54, 1.807) is 18.2 Å². The predicted molar refractivity (Wildman–Crippen MR) is 126 cm³/mol. The molecule has 0 unspecified atom stereocenters. The van der Waals surface area contributed by atoms with E-state index in [9.17, 15) is 9.18 Å². The summed E-state index contributed by atoms with van der Waals surface area (Å²) in [6, 6.07) is 7.93. The van der Waals surface area contributed by atoms with E-state index < -0.39 is 0 Å². The lowest BCUT2D eigenvalue weighted by Gasteiger charge is -2.35. The standard InChI is InChI=1S/C23H25ClFN5O3/c1-32-17-13-16-20(19(24)21(17)33-2)27-23(28-22(16)26)30-11-9-29(10-12-30)18(31)8-5-14-3-6-15(25)7-4-14/h3-4,6-7,13H,5,8-12H2,1-2H3,(H2,26,27,28). The summed E-state index contributed by atoms with van der Waals surface area (Å²) < 4.78 is 23.7. The summed E-state index contributed by atoms with van der Waals surface area (Å²) in [4.78, 5) is 25.5. The average Bonchev–Trinajstić information content (AvgIpc) is 2.83. The molecule has 1 aliphatic heterocycles. The van der Waals surface area contributed by atoms with Crippen molar-refractivity contribution in [3.8, 4) is 11.5 Å². The maximum Gasteiger partial charge on any atom is 0.228 e. The number of halogens is 2. The molecule has 2 heterocycles. The molecule has 1 aromatic heterocycles. The Hall–Kier alpha value is -3.33. The third kappa shape index (κ3) is 4.73. The minimum Gasteiger partial charge on any atom is -0.493 e. The Balaban J connectivity index is 1.44. The van der Waals surface area contributed by atoms with Gasteiger partial charge in [0, 0.05) is 38.0 Å². The summed E-state index contributed by atoms with van der Waals surface area (Å²) >= 11 is 6.52. The highest BCUT2D eigenvalue weighted by Gasteiger charge is 2.24. The molecular formula is C23H25ClFN5O3. The Kier molecular flexibility index (Phi) is 6.69. The highest BCUT2D eigenvalue weighted by Crippen LogP contribution is 2.42. The van der Waals surface area contributed by atoms with Gasteiger partial charge in [0.2, 0.25) is 11.9 Å². The molecule has 1 fully saturated rings. The summed E-state index contributed by atoms with van der Waals surface area (Å²) in [6.07, 6.45) is 0.954. The van der Waals surface area contributed by atoms with E-state index in [4.69, 9.17) is 26.8 Å². The SMILES string of the molecule is COc1cc2c(N)nc(N3CCN(C(=O)CCc4ccc(F)cc4)CC3)nc2c(Cl)c1OC. The molecule has 0 saturated carbocycles. The Labute approximate surface area is 196 Å². The van der Waals surface area contributed by atoms with Crippen LogP contribution < -0.4 is 20.1 Å². The second-order valence-corrected chi connectivity index (χ2v) is 8.10. The van der Waals surface area contributed by atoms with E-state index in [1.165, 1.54) is 26.4 Å². The number of amides is 1. The zero-order valence-electron chi connectivity index (χ0n) is 18.5. The molecule has 0 aliphatic carbocycles. The van der Waals surface area contributed by atoms with E-state index >= 15 is 0 Å². The smallest absolute Gasteiger partial charge is 0.228 e. The number of piperazine rings is 1. The van der Waals surface area contributed by atoms with Crippen LogP contribution in [0.4, 0.5) is 16.2 Å². The summed E-state index contributed by atoms with van der Waals surface area (Å²) in [7, 11) is 3.03. The number of aryl methyl sites for hydroxylation is 1. The van der Waals surface area contributed by atoms with E-state index in [0.29, 0.717) is 72.4 Å². The number of benzene rings is 2. The molecule has 1 saturated heterocycles. The first-order valence-corrected chi connectivity index (χ1v) is 10.9. The fourth-order valence-corrected chi connectivity index (χ4v) is 4.21. The van der Waals surface area contributed by atoms with Crippen molar-refractivity contribution in [1.29, 1.82) is 0 Å². The number of rotatable bonds is 6. The highest BCUT2D eigenvalue weighted by atomic mass is 35.5.